The van der Waals surface area contributed by atoms with Gasteiger partial charge in [0.05, 0.1) is 11.5 Å². The molecule has 0 aromatic heterocycles. The highest BCUT2D eigenvalue weighted by Crippen LogP contribution is 2.27. The van der Waals surface area contributed by atoms with Crippen molar-refractivity contribution in [3.8, 4) is 5.75 Å². The topological polar surface area (TPSA) is 64.4 Å². The van der Waals surface area contributed by atoms with Gasteiger partial charge in [-0.2, -0.15) is 0 Å². The Bertz CT molecular complexity index is 420. The summed E-state index contributed by atoms with van der Waals surface area (Å²) in [6.07, 6.45) is 1.61. The summed E-state index contributed by atoms with van der Waals surface area (Å²) < 4.78 is 5.57. The van der Waals surface area contributed by atoms with Crippen molar-refractivity contribution in [2.24, 2.45) is 11.1 Å². The Kier molecular flexibility index (Phi) is 8.37. The average Bonchev–Trinajstić information content (AvgIpc) is 2.43. The summed E-state index contributed by atoms with van der Waals surface area (Å²) in [5, 5.41) is 2.94. The maximum absolute atomic E-state index is 12.4. The quantitative estimate of drug-likeness (QED) is 0.808. The van der Waals surface area contributed by atoms with Gasteiger partial charge in [0.1, 0.15) is 5.75 Å². The van der Waals surface area contributed by atoms with Crippen LogP contribution in [0, 0.1) is 5.41 Å². The molecule has 3 N–H and O–H groups in total. The van der Waals surface area contributed by atoms with Crippen molar-refractivity contribution in [2.75, 3.05) is 11.9 Å². The van der Waals surface area contributed by atoms with Gasteiger partial charge in [-0.3, -0.25) is 4.79 Å². The van der Waals surface area contributed by atoms with Crippen LogP contribution in [0.2, 0.25) is 0 Å². The van der Waals surface area contributed by atoms with Crippen molar-refractivity contribution in [3.63, 3.8) is 0 Å². The van der Waals surface area contributed by atoms with Gasteiger partial charge in [0.25, 0.3) is 0 Å². The fraction of sp³-hybridized carbons (Fsp3) is 0.562. The summed E-state index contributed by atoms with van der Waals surface area (Å²) in [5.41, 5.74) is 6.07. The van der Waals surface area contributed by atoms with E-state index in [9.17, 15) is 4.79 Å². The molecule has 1 rings (SSSR count). The third kappa shape index (κ3) is 5.21. The van der Waals surface area contributed by atoms with Crippen molar-refractivity contribution in [1.82, 2.24) is 0 Å². The van der Waals surface area contributed by atoms with Gasteiger partial charge in [-0.05, 0) is 51.0 Å². The van der Waals surface area contributed by atoms with Gasteiger partial charge in [0.2, 0.25) is 5.91 Å². The van der Waals surface area contributed by atoms with Gasteiger partial charge < -0.3 is 15.8 Å². The smallest absolute Gasteiger partial charge is 0.231 e. The van der Waals surface area contributed by atoms with Crippen LogP contribution in [0.1, 0.15) is 40.5 Å². The number of carbonyl (C=O) groups is 1. The molecule has 0 aliphatic rings. The molecule has 0 fully saturated rings. The highest BCUT2D eigenvalue weighted by Gasteiger charge is 2.33. The van der Waals surface area contributed by atoms with E-state index in [0.717, 1.165) is 24.3 Å². The van der Waals surface area contributed by atoms with E-state index in [1.165, 1.54) is 0 Å². The van der Waals surface area contributed by atoms with Crippen LogP contribution in [0.25, 0.3) is 0 Å². The second kappa shape index (κ2) is 8.90. The molecule has 0 bridgehead atoms. The lowest BCUT2D eigenvalue weighted by molar-refractivity contribution is -0.125. The van der Waals surface area contributed by atoms with Crippen LogP contribution in [-0.4, -0.2) is 18.6 Å². The molecule has 1 aromatic rings. The standard InChI is InChI=1S/C16H26N2O2.ClH/c1-5-16(6-2,11-17)15(19)18-13-7-9-14(10-8-13)20-12(3)4;/h7-10,12H,5-6,11,17H2,1-4H3,(H,18,19);1H. The number of nitrogens with one attached hydrogen (secondary N) is 1. The predicted octanol–water partition coefficient (Wildman–Crippen LogP) is 3.60. The summed E-state index contributed by atoms with van der Waals surface area (Å²) in [4.78, 5) is 12.4. The van der Waals surface area contributed by atoms with Crippen LogP contribution < -0.4 is 15.8 Å². The van der Waals surface area contributed by atoms with Crippen LogP contribution >= 0.6 is 12.4 Å². The Balaban J connectivity index is 0.00000400. The SMILES string of the molecule is CCC(CC)(CN)C(=O)Nc1ccc(OC(C)C)cc1.Cl. The Morgan fingerprint density at radius 1 is 1.24 bits per heavy atom. The van der Waals surface area contributed by atoms with Gasteiger partial charge in [-0.15, -0.1) is 12.4 Å². The second-order valence-corrected chi connectivity index (χ2v) is 5.34. The first-order chi connectivity index (χ1) is 9.47. The van der Waals surface area contributed by atoms with Crippen molar-refractivity contribution < 1.29 is 9.53 Å². The number of amides is 1. The van der Waals surface area contributed by atoms with Crippen LogP contribution in [-0.2, 0) is 4.79 Å². The fourth-order valence-corrected chi connectivity index (χ4v) is 2.11. The molecule has 120 valence electrons. The highest BCUT2D eigenvalue weighted by molar-refractivity contribution is 5.95. The minimum absolute atomic E-state index is 0. The Hall–Kier alpha value is -1.26. The van der Waals surface area contributed by atoms with Gasteiger partial charge >= 0.3 is 0 Å². The van der Waals surface area contributed by atoms with Crippen molar-refractivity contribution in [3.05, 3.63) is 24.3 Å². The van der Waals surface area contributed by atoms with E-state index in [0.29, 0.717) is 6.54 Å². The molecule has 0 radical (unpaired) electrons. The first kappa shape index (κ1) is 19.7. The molecule has 5 heteroatoms. The van der Waals surface area contributed by atoms with Gasteiger partial charge in [-0.1, -0.05) is 13.8 Å². The lowest BCUT2D eigenvalue weighted by Gasteiger charge is -2.28. The Morgan fingerprint density at radius 3 is 2.14 bits per heavy atom. The second-order valence-electron chi connectivity index (χ2n) is 5.34. The number of carbonyl (C=O) groups excluding carboxylic acids is 1. The highest BCUT2D eigenvalue weighted by atomic mass is 35.5. The third-order valence-corrected chi connectivity index (χ3v) is 3.71. The summed E-state index contributed by atoms with van der Waals surface area (Å²) in [5.74, 6) is 0.789. The molecule has 21 heavy (non-hydrogen) atoms. The maximum Gasteiger partial charge on any atom is 0.231 e. The van der Waals surface area contributed by atoms with Crippen LogP contribution in [0.5, 0.6) is 5.75 Å². The molecular formula is C16H27ClN2O2. The first-order valence-electron chi connectivity index (χ1n) is 7.25. The monoisotopic (exact) mass is 314 g/mol. The van der Waals surface area contributed by atoms with E-state index < -0.39 is 5.41 Å². The number of hydrogen-bond acceptors (Lipinski definition) is 3. The van der Waals surface area contributed by atoms with Crippen molar-refractivity contribution in [2.45, 2.75) is 46.6 Å². The number of benzene rings is 1. The zero-order valence-corrected chi connectivity index (χ0v) is 14.1. The average molecular weight is 315 g/mol. The number of nitrogens with two attached hydrogens (primary N) is 1. The van der Waals surface area contributed by atoms with E-state index in [1.807, 2.05) is 52.0 Å². The van der Waals surface area contributed by atoms with Crippen LogP contribution in [0.3, 0.4) is 0 Å². The van der Waals surface area contributed by atoms with Crippen LogP contribution in [0.15, 0.2) is 24.3 Å². The molecule has 1 amide bonds. The summed E-state index contributed by atoms with van der Waals surface area (Å²) >= 11 is 0. The zero-order chi connectivity index (χ0) is 15.2. The molecule has 0 heterocycles. The number of rotatable bonds is 7. The van der Waals surface area contributed by atoms with Crippen molar-refractivity contribution in [1.29, 1.82) is 0 Å². The fourth-order valence-electron chi connectivity index (χ4n) is 2.11. The number of halogens is 1. The van der Waals surface area contributed by atoms with Crippen LogP contribution in [0.4, 0.5) is 5.69 Å². The molecule has 0 aliphatic heterocycles. The van der Waals surface area contributed by atoms with Gasteiger partial charge in [0, 0.05) is 12.2 Å². The van der Waals surface area contributed by atoms with E-state index in [2.05, 4.69) is 5.32 Å². The van der Waals surface area contributed by atoms with E-state index in [1.54, 1.807) is 0 Å². The molecule has 0 saturated heterocycles. The molecular weight excluding hydrogens is 288 g/mol. The molecule has 4 nitrogen and oxygen atoms in total. The normalized spacial score (nSPS) is 11.0. The lowest BCUT2D eigenvalue weighted by atomic mass is 9.81. The van der Waals surface area contributed by atoms with E-state index in [4.69, 9.17) is 10.5 Å². The lowest BCUT2D eigenvalue weighted by Crippen LogP contribution is -2.41. The number of hydrogen-bond donors (Lipinski definition) is 2. The minimum atomic E-state index is -0.479. The molecule has 0 spiro atoms. The zero-order valence-electron chi connectivity index (χ0n) is 13.3. The van der Waals surface area contributed by atoms with Gasteiger partial charge in [-0.25, -0.2) is 0 Å². The largest absolute Gasteiger partial charge is 0.491 e. The predicted molar refractivity (Wildman–Crippen MR) is 90.2 cm³/mol. The molecule has 1 aromatic carbocycles. The molecule has 0 unspecified atom stereocenters. The minimum Gasteiger partial charge on any atom is -0.491 e. The number of ether oxygens (including phenoxy) is 1. The Morgan fingerprint density at radius 2 is 1.76 bits per heavy atom. The summed E-state index contributed by atoms with van der Waals surface area (Å²) in [6.45, 7) is 8.31. The summed E-state index contributed by atoms with van der Waals surface area (Å²) in [6, 6.07) is 7.42. The third-order valence-electron chi connectivity index (χ3n) is 3.71. The van der Waals surface area contributed by atoms with E-state index >= 15 is 0 Å². The summed E-state index contributed by atoms with van der Waals surface area (Å²) in [7, 11) is 0. The first-order valence-corrected chi connectivity index (χ1v) is 7.25. The van der Waals surface area contributed by atoms with Crippen molar-refractivity contribution >= 4 is 24.0 Å². The maximum atomic E-state index is 12.4. The molecule has 0 atom stereocenters. The van der Waals surface area contributed by atoms with Gasteiger partial charge in [0.15, 0.2) is 0 Å². The Labute approximate surface area is 133 Å². The molecule has 0 saturated carbocycles. The van der Waals surface area contributed by atoms with E-state index in [-0.39, 0.29) is 24.4 Å². The number of anilines is 1. The molecule has 0 aliphatic carbocycles.